The molecule has 0 amide bonds. The largest absolute Gasteiger partial charge is 0.481 e. The molecule has 3 rings (SSSR count). The predicted octanol–water partition coefficient (Wildman–Crippen LogP) is 2.86. The second-order valence-electron chi connectivity index (χ2n) is 5.52. The van der Waals surface area contributed by atoms with E-state index >= 15 is 0 Å². The number of aromatic amines is 1. The van der Waals surface area contributed by atoms with Crippen LogP contribution < -0.4 is 5.32 Å². The Hall–Kier alpha value is -3.32. The van der Waals surface area contributed by atoms with Crippen molar-refractivity contribution in [3.8, 4) is 0 Å². The maximum absolute atomic E-state index is 10.3. The average molecular weight is 356 g/mol. The van der Waals surface area contributed by atoms with Crippen LogP contribution in [0.25, 0.3) is 10.9 Å². The molecule has 0 saturated carbocycles. The second kappa shape index (κ2) is 9.24. The standard InChI is InChI=1S/C16H16N2O.C3H4O4/c19-16(11-17-12-6-2-1-3-7-12)14-10-18-15-9-5-4-8-13(14)15;4-2(5)1-3(6)7/h1-10,16-19H,11H2;1H2,(H,4,5)(H,6,7). The van der Waals surface area contributed by atoms with Crippen molar-refractivity contribution in [2.24, 2.45) is 0 Å². The van der Waals surface area contributed by atoms with E-state index in [1.807, 2.05) is 60.8 Å². The smallest absolute Gasteiger partial charge is 0.314 e. The van der Waals surface area contributed by atoms with Crippen molar-refractivity contribution >= 4 is 28.5 Å². The number of aromatic nitrogens is 1. The summed E-state index contributed by atoms with van der Waals surface area (Å²) in [5.74, 6) is -2.62. The van der Waals surface area contributed by atoms with Gasteiger partial charge in [0.15, 0.2) is 0 Å². The van der Waals surface area contributed by atoms with Gasteiger partial charge in [0.2, 0.25) is 0 Å². The fourth-order valence-corrected chi connectivity index (χ4v) is 2.38. The number of benzene rings is 2. The molecule has 0 aliphatic rings. The summed E-state index contributed by atoms with van der Waals surface area (Å²) in [7, 11) is 0. The van der Waals surface area contributed by atoms with Crippen LogP contribution in [-0.4, -0.2) is 38.8 Å². The van der Waals surface area contributed by atoms with Crippen LogP contribution >= 0.6 is 0 Å². The van der Waals surface area contributed by atoms with E-state index < -0.39 is 24.5 Å². The fourth-order valence-electron chi connectivity index (χ4n) is 2.38. The Kier molecular flexibility index (Phi) is 6.75. The van der Waals surface area contributed by atoms with Gasteiger partial charge in [0.1, 0.15) is 6.42 Å². The quantitative estimate of drug-likeness (QED) is 0.433. The lowest BCUT2D eigenvalue weighted by Crippen LogP contribution is -2.11. The second-order valence-corrected chi connectivity index (χ2v) is 5.52. The molecule has 0 aliphatic carbocycles. The van der Waals surface area contributed by atoms with Crippen LogP contribution in [0.5, 0.6) is 0 Å². The molecule has 0 bridgehead atoms. The van der Waals surface area contributed by atoms with Gasteiger partial charge in [-0.3, -0.25) is 9.59 Å². The van der Waals surface area contributed by atoms with E-state index in [2.05, 4.69) is 10.3 Å². The highest BCUT2D eigenvalue weighted by molar-refractivity contribution is 5.88. The molecule has 3 aromatic rings. The van der Waals surface area contributed by atoms with Gasteiger partial charge in [-0.25, -0.2) is 0 Å². The number of aliphatic hydroxyl groups excluding tert-OH is 1. The van der Waals surface area contributed by atoms with E-state index in [-0.39, 0.29) is 0 Å². The van der Waals surface area contributed by atoms with Crippen LogP contribution in [-0.2, 0) is 9.59 Å². The number of nitrogens with one attached hydrogen (secondary N) is 2. The maximum atomic E-state index is 10.3. The number of carboxylic acids is 2. The van der Waals surface area contributed by atoms with E-state index in [0.717, 1.165) is 22.2 Å². The van der Waals surface area contributed by atoms with Gasteiger partial charge in [0, 0.05) is 34.9 Å². The monoisotopic (exact) mass is 356 g/mol. The fraction of sp³-hybridized carbons (Fsp3) is 0.158. The highest BCUT2D eigenvalue weighted by atomic mass is 16.4. The molecule has 0 radical (unpaired) electrons. The summed E-state index contributed by atoms with van der Waals surface area (Å²) in [6.07, 6.45) is 0.540. The predicted molar refractivity (Wildman–Crippen MR) is 98.1 cm³/mol. The van der Waals surface area contributed by atoms with Crippen LogP contribution in [0, 0.1) is 0 Å². The van der Waals surface area contributed by atoms with Crippen molar-refractivity contribution in [3.63, 3.8) is 0 Å². The summed E-state index contributed by atoms with van der Waals surface area (Å²) in [5.41, 5.74) is 3.00. The molecule has 1 unspecified atom stereocenters. The SMILES string of the molecule is O=C(O)CC(=O)O.OC(CNc1ccccc1)c1c[nH]c2ccccc12. The van der Waals surface area contributed by atoms with Crippen LogP contribution in [0.2, 0.25) is 0 Å². The first kappa shape index (κ1) is 19.0. The molecule has 26 heavy (non-hydrogen) atoms. The van der Waals surface area contributed by atoms with E-state index in [4.69, 9.17) is 10.2 Å². The highest BCUT2D eigenvalue weighted by Gasteiger charge is 2.12. The minimum absolute atomic E-state index is 0.492. The molecule has 5 N–H and O–H groups in total. The number of H-pyrrole nitrogens is 1. The summed E-state index contributed by atoms with van der Waals surface area (Å²) < 4.78 is 0. The van der Waals surface area contributed by atoms with Crippen molar-refractivity contribution < 1.29 is 24.9 Å². The van der Waals surface area contributed by atoms with Crippen molar-refractivity contribution in [1.82, 2.24) is 4.98 Å². The molecule has 0 fully saturated rings. The molecule has 2 aromatic carbocycles. The summed E-state index contributed by atoms with van der Waals surface area (Å²) in [5, 5.41) is 30.0. The number of hydrogen-bond donors (Lipinski definition) is 5. The van der Waals surface area contributed by atoms with E-state index in [1.165, 1.54) is 0 Å². The first-order valence-electron chi connectivity index (χ1n) is 7.94. The average Bonchev–Trinajstić information content (AvgIpc) is 3.04. The molecule has 1 atom stereocenters. The van der Waals surface area contributed by atoms with E-state index in [1.54, 1.807) is 0 Å². The highest BCUT2D eigenvalue weighted by Crippen LogP contribution is 2.24. The van der Waals surface area contributed by atoms with Crippen LogP contribution in [0.1, 0.15) is 18.1 Å². The van der Waals surface area contributed by atoms with Gasteiger partial charge in [-0.05, 0) is 18.2 Å². The first-order valence-corrected chi connectivity index (χ1v) is 7.94. The Morgan fingerprint density at radius 1 is 0.962 bits per heavy atom. The van der Waals surface area contributed by atoms with Gasteiger partial charge in [-0.15, -0.1) is 0 Å². The molecular weight excluding hydrogens is 336 g/mol. The number of fused-ring (bicyclic) bond motifs is 1. The van der Waals surface area contributed by atoms with Gasteiger partial charge >= 0.3 is 11.9 Å². The third-order valence-corrected chi connectivity index (χ3v) is 3.56. The Morgan fingerprint density at radius 2 is 1.58 bits per heavy atom. The number of para-hydroxylation sites is 2. The zero-order valence-electron chi connectivity index (χ0n) is 13.9. The summed E-state index contributed by atoms with van der Waals surface area (Å²) in [6, 6.07) is 17.9. The number of carboxylic acid groups (broad SMARTS) is 2. The summed E-state index contributed by atoms with van der Waals surface area (Å²) >= 11 is 0. The van der Waals surface area contributed by atoms with Crippen molar-refractivity contribution in [1.29, 1.82) is 0 Å². The summed E-state index contributed by atoms with van der Waals surface area (Å²) in [6.45, 7) is 0.492. The third kappa shape index (κ3) is 5.64. The minimum atomic E-state index is -1.31. The third-order valence-electron chi connectivity index (χ3n) is 3.56. The van der Waals surface area contributed by atoms with Crippen LogP contribution in [0.15, 0.2) is 60.8 Å². The van der Waals surface area contributed by atoms with Crippen molar-refractivity contribution in [2.75, 3.05) is 11.9 Å². The van der Waals surface area contributed by atoms with Crippen molar-refractivity contribution in [3.05, 3.63) is 66.4 Å². The minimum Gasteiger partial charge on any atom is -0.481 e. The molecule has 7 heteroatoms. The zero-order chi connectivity index (χ0) is 18.9. The number of aliphatic carboxylic acids is 2. The molecule has 136 valence electrons. The maximum Gasteiger partial charge on any atom is 0.314 e. The lowest BCUT2D eigenvalue weighted by Gasteiger charge is -2.12. The van der Waals surface area contributed by atoms with Gasteiger partial charge < -0.3 is 25.6 Å². The molecule has 1 aromatic heterocycles. The van der Waals surface area contributed by atoms with Gasteiger partial charge in [0.25, 0.3) is 0 Å². The van der Waals surface area contributed by atoms with Crippen LogP contribution in [0.4, 0.5) is 5.69 Å². The normalized spacial score (nSPS) is 11.3. The Labute approximate surface area is 149 Å². The lowest BCUT2D eigenvalue weighted by molar-refractivity contribution is -0.147. The first-order chi connectivity index (χ1) is 12.5. The van der Waals surface area contributed by atoms with E-state index in [9.17, 15) is 14.7 Å². The van der Waals surface area contributed by atoms with E-state index in [0.29, 0.717) is 6.54 Å². The summed E-state index contributed by atoms with van der Waals surface area (Å²) in [4.78, 5) is 22.0. The number of rotatable bonds is 6. The zero-order valence-corrected chi connectivity index (χ0v) is 13.9. The number of hydrogen-bond acceptors (Lipinski definition) is 4. The number of anilines is 1. The molecule has 0 saturated heterocycles. The lowest BCUT2D eigenvalue weighted by atomic mass is 10.1. The Morgan fingerprint density at radius 3 is 2.19 bits per heavy atom. The van der Waals surface area contributed by atoms with Gasteiger partial charge in [-0.2, -0.15) is 0 Å². The van der Waals surface area contributed by atoms with Crippen LogP contribution in [0.3, 0.4) is 0 Å². The van der Waals surface area contributed by atoms with Gasteiger partial charge in [0.05, 0.1) is 6.10 Å². The topological polar surface area (TPSA) is 123 Å². The van der Waals surface area contributed by atoms with Gasteiger partial charge in [-0.1, -0.05) is 36.4 Å². The number of carbonyl (C=O) groups is 2. The molecule has 0 spiro atoms. The number of aliphatic hydroxyl groups is 1. The Balaban J connectivity index is 0.000000298. The molecule has 1 heterocycles. The molecular formula is C19H20N2O5. The molecule has 0 aliphatic heterocycles. The Bertz CT molecular complexity index is 849. The van der Waals surface area contributed by atoms with Crippen molar-refractivity contribution in [2.45, 2.75) is 12.5 Å². The molecule has 7 nitrogen and oxygen atoms in total.